The van der Waals surface area contributed by atoms with Gasteiger partial charge in [-0.2, -0.15) is 0 Å². The molecule has 0 radical (unpaired) electrons. The molecule has 0 saturated heterocycles. The van der Waals surface area contributed by atoms with Crippen LogP contribution in [0, 0.1) is 0 Å². The van der Waals surface area contributed by atoms with E-state index in [1.165, 1.54) is 0 Å². The van der Waals surface area contributed by atoms with Gasteiger partial charge in [0.05, 0.1) is 12.8 Å². The number of hydrogen-bond acceptors (Lipinski definition) is 5. The Bertz CT molecular complexity index is 554. The van der Waals surface area contributed by atoms with Crippen LogP contribution in [0.3, 0.4) is 0 Å². The molecule has 5 nitrogen and oxygen atoms in total. The van der Waals surface area contributed by atoms with Crippen LogP contribution in [0.2, 0.25) is 0 Å². The summed E-state index contributed by atoms with van der Waals surface area (Å²) in [6, 6.07) is 19.0. The van der Waals surface area contributed by atoms with Gasteiger partial charge in [0.1, 0.15) is 0 Å². The molecule has 0 heterocycles. The maximum atomic E-state index is 11.4. The Labute approximate surface area is 134 Å². The predicted octanol–water partition coefficient (Wildman–Crippen LogP) is 3.19. The molecule has 2 aromatic rings. The van der Waals surface area contributed by atoms with Crippen molar-refractivity contribution in [1.82, 2.24) is 0 Å². The van der Waals surface area contributed by atoms with Crippen molar-refractivity contribution in [1.29, 1.82) is 0 Å². The largest absolute Gasteiger partial charge is 0.347 e. The van der Waals surface area contributed by atoms with Gasteiger partial charge in [-0.05, 0) is 24.0 Å². The molecule has 0 aliphatic carbocycles. The SMILES string of the molecule is O=C(CCc1ccccc1)OOOC(=O)CCc1ccccc1. The van der Waals surface area contributed by atoms with E-state index in [1.807, 2.05) is 60.7 Å². The lowest BCUT2D eigenvalue weighted by atomic mass is 10.1. The number of rotatable bonds is 8. The molecule has 0 atom stereocenters. The molecule has 0 aliphatic rings. The number of aryl methyl sites for hydroxylation is 2. The molecular formula is C18H18O5. The summed E-state index contributed by atoms with van der Waals surface area (Å²) in [5.74, 6) is -1.19. The third kappa shape index (κ3) is 6.76. The van der Waals surface area contributed by atoms with Gasteiger partial charge in [-0.3, -0.25) is 9.78 Å². The van der Waals surface area contributed by atoms with E-state index in [0.29, 0.717) is 12.8 Å². The first kappa shape index (κ1) is 16.7. The zero-order chi connectivity index (χ0) is 16.3. The zero-order valence-electron chi connectivity index (χ0n) is 12.6. The number of carbonyl (C=O) groups excluding carboxylic acids is 2. The number of benzene rings is 2. The average molecular weight is 314 g/mol. The summed E-state index contributed by atoms with van der Waals surface area (Å²) in [6.07, 6.45) is 1.35. The fourth-order valence-corrected chi connectivity index (χ4v) is 1.96. The van der Waals surface area contributed by atoms with Crippen molar-refractivity contribution in [2.24, 2.45) is 0 Å². The lowest BCUT2D eigenvalue weighted by Gasteiger charge is -2.03. The normalized spacial score (nSPS) is 10.1. The lowest BCUT2D eigenvalue weighted by molar-refractivity contribution is -0.459. The zero-order valence-corrected chi connectivity index (χ0v) is 12.6. The molecule has 0 amide bonds. The highest BCUT2D eigenvalue weighted by atomic mass is 17.5. The second-order valence-corrected chi connectivity index (χ2v) is 4.95. The molecule has 0 fully saturated rings. The van der Waals surface area contributed by atoms with Gasteiger partial charge in [0.2, 0.25) is 0 Å². The molecule has 5 heteroatoms. The number of hydrogen-bond donors (Lipinski definition) is 0. The van der Waals surface area contributed by atoms with Gasteiger partial charge in [0, 0.05) is 5.04 Å². The molecule has 0 bridgehead atoms. The maximum Gasteiger partial charge on any atom is 0.347 e. The van der Waals surface area contributed by atoms with E-state index in [4.69, 9.17) is 0 Å². The highest BCUT2D eigenvalue weighted by Gasteiger charge is 2.09. The number of carbonyl (C=O) groups is 2. The second-order valence-electron chi connectivity index (χ2n) is 4.95. The van der Waals surface area contributed by atoms with Crippen molar-refractivity contribution in [3.63, 3.8) is 0 Å². The fourth-order valence-electron chi connectivity index (χ4n) is 1.96. The van der Waals surface area contributed by atoms with Gasteiger partial charge in [-0.1, -0.05) is 60.7 Å². The topological polar surface area (TPSA) is 61.8 Å². The van der Waals surface area contributed by atoms with Crippen molar-refractivity contribution < 1.29 is 24.4 Å². The van der Waals surface area contributed by atoms with Crippen LogP contribution in [-0.2, 0) is 37.2 Å². The summed E-state index contributed by atoms with van der Waals surface area (Å²) < 4.78 is 0. The Morgan fingerprint density at radius 2 is 1.04 bits per heavy atom. The first-order valence-electron chi connectivity index (χ1n) is 7.39. The molecule has 120 valence electrons. The van der Waals surface area contributed by atoms with Crippen LogP contribution >= 0.6 is 0 Å². The molecule has 0 spiro atoms. The molecule has 0 unspecified atom stereocenters. The van der Waals surface area contributed by atoms with Crippen LogP contribution in [0.1, 0.15) is 24.0 Å². The van der Waals surface area contributed by atoms with Crippen molar-refractivity contribution >= 4 is 11.9 Å². The molecular weight excluding hydrogens is 296 g/mol. The van der Waals surface area contributed by atoms with E-state index in [2.05, 4.69) is 14.8 Å². The van der Waals surface area contributed by atoms with Crippen molar-refractivity contribution in [2.75, 3.05) is 0 Å². The van der Waals surface area contributed by atoms with E-state index in [9.17, 15) is 9.59 Å². The summed E-state index contributed by atoms with van der Waals surface area (Å²) in [5, 5.41) is 4.23. The van der Waals surface area contributed by atoms with Crippen LogP contribution in [0.4, 0.5) is 0 Å². The minimum Gasteiger partial charge on any atom is -0.260 e. The highest BCUT2D eigenvalue weighted by molar-refractivity contribution is 5.70. The third-order valence-electron chi connectivity index (χ3n) is 3.18. The van der Waals surface area contributed by atoms with E-state index in [0.717, 1.165) is 11.1 Å². The maximum absolute atomic E-state index is 11.4. The van der Waals surface area contributed by atoms with Gasteiger partial charge in [-0.25, -0.2) is 9.59 Å². The van der Waals surface area contributed by atoms with Crippen LogP contribution in [-0.4, -0.2) is 11.9 Å². The van der Waals surface area contributed by atoms with Crippen LogP contribution in [0.25, 0.3) is 0 Å². The summed E-state index contributed by atoms with van der Waals surface area (Å²) in [7, 11) is 0. The van der Waals surface area contributed by atoms with Gasteiger partial charge >= 0.3 is 11.9 Å². The summed E-state index contributed by atoms with van der Waals surface area (Å²) in [4.78, 5) is 31.7. The van der Waals surface area contributed by atoms with Gasteiger partial charge < -0.3 is 0 Å². The third-order valence-corrected chi connectivity index (χ3v) is 3.18. The first-order valence-corrected chi connectivity index (χ1v) is 7.39. The monoisotopic (exact) mass is 314 g/mol. The summed E-state index contributed by atoms with van der Waals surface area (Å²) in [6.45, 7) is 0. The van der Waals surface area contributed by atoms with E-state index in [1.54, 1.807) is 0 Å². The Morgan fingerprint density at radius 3 is 1.43 bits per heavy atom. The molecule has 23 heavy (non-hydrogen) atoms. The van der Waals surface area contributed by atoms with Crippen LogP contribution in [0.15, 0.2) is 60.7 Å². The quantitative estimate of drug-likeness (QED) is 0.553. The minimum absolute atomic E-state index is 0.144. The van der Waals surface area contributed by atoms with Gasteiger partial charge in [0.25, 0.3) is 0 Å². The average Bonchev–Trinajstić information content (AvgIpc) is 2.60. The predicted molar refractivity (Wildman–Crippen MR) is 82.8 cm³/mol. The highest BCUT2D eigenvalue weighted by Crippen LogP contribution is 2.05. The first-order chi connectivity index (χ1) is 11.2. The van der Waals surface area contributed by atoms with E-state index >= 15 is 0 Å². The summed E-state index contributed by atoms with van der Waals surface area (Å²) in [5.41, 5.74) is 2.04. The fraction of sp³-hybridized carbons (Fsp3) is 0.222. The molecule has 0 saturated carbocycles. The molecule has 2 aromatic carbocycles. The summed E-state index contributed by atoms with van der Waals surface area (Å²) >= 11 is 0. The lowest BCUT2D eigenvalue weighted by Crippen LogP contribution is -2.11. The van der Waals surface area contributed by atoms with Gasteiger partial charge in [0.15, 0.2) is 0 Å². The second kappa shape index (κ2) is 9.38. The Balaban J connectivity index is 1.57. The van der Waals surface area contributed by atoms with Crippen molar-refractivity contribution in [2.45, 2.75) is 25.7 Å². The smallest absolute Gasteiger partial charge is 0.260 e. The van der Waals surface area contributed by atoms with E-state index in [-0.39, 0.29) is 12.8 Å². The van der Waals surface area contributed by atoms with Crippen LogP contribution in [0.5, 0.6) is 0 Å². The van der Waals surface area contributed by atoms with Crippen molar-refractivity contribution in [3.8, 4) is 0 Å². The van der Waals surface area contributed by atoms with Gasteiger partial charge in [-0.15, -0.1) is 0 Å². The van der Waals surface area contributed by atoms with Crippen molar-refractivity contribution in [3.05, 3.63) is 71.8 Å². The van der Waals surface area contributed by atoms with Crippen LogP contribution < -0.4 is 0 Å². The Hall–Kier alpha value is -2.66. The minimum atomic E-state index is -0.593. The van der Waals surface area contributed by atoms with E-state index < -0.39 is 11.9 Å². The molecule has 0 aliphatic heterocycles. The molecule has 0 N–H and O–H groups in total. The molecule has 2 rings (SSSR count). The molecule has 0 aromatic heterocycles. The Morgan fingerprint density at radius 1 is 0.652 bits per heavy atom. The standard InChI is InChI=1S/C18H18O5/c19-17(13-11-15-7-3-1-4-8-15)21-23-22-18(20)14-12-16-9-5-2-6-10-16/h1-10H,11-14H2. The Kier molecular flexibility index (Phi) is 6.81.